The number of benzene rings is 1. The molecule has 0 bridgehead atoms. The fourth-order valence-electron chi connectivity index (χ4n) is 3.11. The van der Waals surface area contributed by atoms with Crippen molar-refractivity contribution < 1.29 is 8.42 Å². The number of nitrogens with one attached hydrogen (secondary N) is 3. The fourth-order valence-corrected chi connectivity index (χ4v) is 4.02. The first-order valence-electron chi connectivity index (χ1n) is 9.62. The molecule has 8 heteroatoms. The Hall–Kier alpha value is -1.64. The van der Waals surface area contributed by atoms with Crippen LogP contribution in [0.3, 0.4) is 0 Å². The molecule has 3 N–H and O–H groups in total. The van der Waals surface area contributed by atoms with E-state index in [4.69, 9.17) is 0 Å². The zero-order valence-corrected chi connectivity index (χ0v) is 17.4. The van der Waals surface area contributed by atoms with Crippen molar-refractivity contribution in [2.24, 2.45) is 4.99 Å². The summed E-state index contributed by atoms with van der Waals surface area (Å²) in [7, 11) is -1.63. The quantitative estimate of drug-likeness (QED) is 0.454. The molecule has 0 aromatic heterocycles. The molecule has 7 nitrogen and oxygen atoms in total. The summed E-state index contributed by atoms with van der Waals surface area (Å²) in [6.45, 7) is 7.22. The van der Waals surface area contributed by atoms with E-state index in [1.165, 1.54) is 0 Å². The highest BCUT2D eigenvalue weighted by Crippen LogP contribution is 2.12. The first-order valence-corrected chi connectivity index (χ1v) is 11.3. The summed E-state index contributed by atoms with van der Waals surface area (Å²) in [5, 5.41) is 6.52. The van der Waals surface area contributed by atoms with E-state index in [1.54, 1.807) is 7.05 Å². The second-order valence-electron chi connectivity index (χ2n) is 7.17. The molecule has 1 fully saturated rings. The lowest BCUT2D eigenvalue weighted by Gasteiger charge is -2.35. The van der Waals surface area contributed by atoms with Gasteiger partial charge in [0, 0.05) is 45.3 Å². The van der Waals surface area contributed by atoms with Crippen LogP contribution in [0.4, 0.5) is 0 Å². The lowest BCUT2D eigenvalue weighted by Crippen LogP contribution is -2.50. The Morgan fingerprint density at radius 3 is 2.48 bits per heavy atom. The number of guanidine groups is 1. The summed E-state index contributed by atoms with van der Waals surface area (Å²) in [6, 6.07) is 10.5. The Morgan fingerprint density at radius 2 is 1.89 bits per heavy atom. The largest absolute Gasteiger partial charge is 0.355 e. The average Bonchev–Trinajstić information content (AvgIpc) is 2.67. The third-order valence-corrected chi connectivity index (χ3v) is 6.15. The minimum absolute atomic E-state index is 0.00628. The van der Waals surface area contributed by atoms with Crippen LogP contribution in [0.5, 0.6) is 0 Å². The van der Waals surface area contributed by atoms with E-state index < -0.39 is 10.0 Å². The summed E-state index contributed by atoms with van der Waals surface area (Å²) in [5.41, 5.74) is 0.944. The second kappa shape index (κ2) is 10.6. The highest BCUT2D eigenvalue weighted by molar-refractivity contribution is 7.89. The normalized spacial score (nSPS) is 17.3. The van der Waals surface area contributed by atoms with Gasteiger partial charge in [0.05, 0.1) is 5.75 Å². The smallest absolute Gasteiger partial charge is 0.213 e. The third kappa shape index (κ3) is 7.86. The van der Waals surface area contributed by atoms with E-state index >= 15 is 0 Å². The van der Waals surface area contributed by atoms with Gasteiger partial charge in [0.1, 0.15) is 0 Å². The van der Waals surface area contributed by atoms with Crippen molar-refractivity contribution in [3.63, 3.8) is 0 Å². The first-order chi connectivity index (χ1) is 12.9. The van der Waals surface area contributed by atoms with E-state index in [0.29, 0.717) is 31.1 Å². The highest BCUT2D eigenvalue weighted by atomic mass is 32.2. The van der Waals surface area contributed by atoms with Gasteiger partial charge in [-0.3, -0.25) is 4.99 Å². The van der Waals surface area contributed by atoms with Crippen molar-refractivity contribution >= 4 is 16.0 Å². The van der Waals surface area contributed by atoms with Gasteiger partial charge in [-0.25, -0.2) is 13.1 Å². The zero-order valence-electron chi connectivity index (χ0n) is 16.6. The SMILES string of the molecule is CN=C(NCCS(=O)(=O)NCc1ccccc1)NC1CCN(C(C)C)CC1. The molecule has 1 aromatic carbocycles. The van der Waals surface area contributed by atoms with Crippen molar-refractivity contribution in [3.8, 4) is 0 Å². The van der Waals surface area contributed by atoms with Gasteiger partial charge < -0.3 is 15.5 Å². The standard InChI is InChI=1S/C19H33N5O2S/c1-16(2)24-12-9-18(10-13-24)23-19(20-3)21-11-14-27(25,26)22-15-17-7-5-4-6-8-17/h4-8,16,18,22H,9-15H2,1-3H3,(H2,20,21,23). The monoisotopic (exact) mass is 395 g/mol. The van der Waals surface area contributed by atoms with Crippen molar-refractivity contribution in [2.75, 3.05) is 32.4 Å². The van der Waals surface area contributed by atoms with Crippen LogP contribution < -0.4 is 15.4 Å². The maximum Gasteiger partial charge on any atom is 0.213 e. The topological polar surface area (TPSA) is 85.8 Å². The highest BCUT2D eigenvalue weighted by Gasteiger charge is 2.21. The molecule has 0 spiro atoms. The van der Waals surface area contributed by atoms with Crippen molar-refractivity contribution in [3.05, 3.63) is 35.9 Å². The number of sulfonamides is 1. The van der Waals surface area contributed by atoms with Crippen molar-refractivity contribution in [1.29, 1.82) is 0 Å². The third-order valence-electron chi connectivity index (χ3n) is 4.83. The van der Waals surface area contributed by atoms with E-state index in [9.17, 15) is 8.42 Å². The lowest BCUT2D eigenvalue weighted by molar-refractivity contribution is 0.167. The minimum atomic E-state index is -3.34. The van der Waals surface area contributed by atoms with Crippen molar-refractivity contribution in [2.45, 2.75) is 45.3 Å². The lowest BCUT2D eigenvalue weighted by atomic mass is 10.0. The van der Waals surface area contributed by atoms with Gasteiger partial charge in [0.15, 0.2) is 5.96 Å². The molecule has 152 valence electrons. The molecule has 1 aliphatic heterocycles. The summed E-state index contributed by atoms with van der Waals surface area (Å²) >= 11 is 0. The first kappa shape index (κ1) is 21.7. The molecule has 0 unspecified atom stereocenters. The van der Waals surface area contributed by atoms with Gasteiger partial charge in [-0.05, 0) is 32.3 Å². The van der Waals surface area contributed by atoms with Crippen LogP contribution in [0.2, 0.25) is 0 Å². The van der Waals surface area contributed by atoms with Gasteiger partial charge in [0.2, 0.25) is 10.0 Å². The molecule has 1 saturated heterocycles. The van der Waals surface area contributed by atoms with Crippen LogP contribution in [-0.4, -0.2) is 63.8 Å². The maximum atomic E-state index is 12.1. The number of piperidine rings is 1. The van der Waals surface area contributed by atoms with Crippen LogP contribution >= 0.6 is 0 Å². The molecular formula is C19H33N5O2S. The van der Waals surface area contributed by atoms with Gasteiger partial charge in [-0.15, -0.1) is 0 Å². The molecule has 27 heavy (non-hydrogen) atoms. The minimum Gasteiger partial charge on any atom is -0.355 e. The van der Waals surface area contributed by atoms with E-state index in [2.05, 4.69) is 39.1 Å². The Morgan fingerprint density at radius 1 is 1.22 bits per heavy atom. The van der Waals surface area contributed by atoms with E-state index in [0.717, 1.165) is 31.5 Å². The average molecular weight is 396 g/mol. The Labute approximate surface area is 163 Å². The van der Waals surface area contributed by atoms with Gasteiger partial charge >= 0.3 is 0 Å². The summed E-state index contributed by atoms with van der Waals surface area (Å²) < 4.78 is 26.9. The van der Waals surface area contributed by atoms with E-state index in [1.807, 2.05) is 30.3 Å². The molecule has 0 amide bonds. The number of likely N-dealkylation sites (tertiary alicyclic amines) is 1. The number of nitrogens with zero attached hydrogens (tertiary/aromatic N) is 2. The Kier molecular flexibility index (Phi) is 8.53. The molecule has 0 saturated carbocycles. The zero-order chi connectivity index (χ0) is 19.7. The Balaban J connectivity index is 1.69. The summed E-state index contributed by atoms with van der Waals surface area (Å²) in [6.07, 6.45) is 2.13. The van der Waals surface area contributed by atoms with Crippen LogP contribution in [0, 0.1) is 0 Å². The number of aliphatic imine (C=N–C) groups is 1. The molecule has 1 aromatic rings. The summed E-state index contributed by atoms with van der Waals surface area (Å²) in [4.78, 5) is 6.69. The van der Waals surface area contributed by atoms with E-state index in [-0.39, 0.29) is 5.75 Å². The molecule has 0 radical (unpaired) electrons. The second-order valence-corrected chi connectivity index (χ2v) is 9.10. The number of hydrogen-bond acceptors (Lipinski definition) is 4. The Bertz CT molecular complexity index is 683. The molecule has 1 aliphatic rings. The number of rotatable bonds is 8. The fraction of sp³-hybridized carbons (Fsp3) is 0.632. The molecule has 1 heterocycles. The summed E-state index contributed by atoms with van der Waals surface area (Å²) in [5.74, 6) is 0.669. The molecule has 0 aliphatic carbocycles. The van der Waals surface area contributed by atoms with Gasteiger partial charge in [0.25, 0.3) is 0 Å². The van der Waals surface area contributed by atoms with Gasteiger partial charge in [-0.2, -0.15) is 0 Å². The molecule has 0 atom stereocenters. The van der Waals surface area contributed by atoms with Crippen LogP contribution in [0.25, 0.3) is 0 Å². The predicted octanol–water partition coefficient (Wildman–Crippen LogP) is 1.14. The molecular weight excluding hydrogens is 362 g/mol. The maximum absolute atomic E-state index is 12.1. The number of hydrogen-bond donors (Lipinski definition) is 3. The van der Waals surface area contributed by atoms with Crippen molar-refractivity contribution in [1.82, 2.24) is 20.3 Å². The predicted molar refractivity (Wildman–Crippen MR) is 111 cm³/mol. The van der Waals surface area contributed by atoms with Gasteiger partial charge in [-0.1, -0.05) is 30.3 Å². The van der Waals surface area contributed by atoms with Crippen LogP contribution in [0.1, 0.15) is 32.3 Å². The van der Waals surface area contributed by atoms with Crippen LogP contribution in [-0.2, 0) is 16.6 Å². The van der Waals surface area contributed by atoms with Crippen LogP contribution in [0.15, 0.2) is 35.3 Å². The molecule has 2 rings (SSSR count).